The summed E-state index contributed by atoms with van der Waals surface area (Å²) in [7, 11) is 0. The van der Waals surface area contributed by atoms with E-state index in [0.29, 0.717) is 6.61 Å². The number of aliphatic hydroxyl groups excluding tert-OH is 1. The normalized spacial score (nSPS) is 19.4. The molecule has 1 aliphatic heterocycles. The third-order valence-electron chi connectivity index (χ3n) is 3.76. The van der Waals surface area contributed by atoms with Gasteiger partial charge in [-0.3, -0.25) is 4.79 Å². The predicted octanol–water partition coefficient (Wildman–Crippen LogP) is 3.03. The fourth-order valence-corrected chi connectivity index (χ4v) is 2.52. The van der Waals surface area contributed by atoms with Gasteiger partial charge >= 0.3 is 0 Å². The van der Waals surface area contributed by atoms with Gasteiger partial charge in [0.2, 0.25) is 5.91 Å². The Bertz CT molecular complexity index is 544. The lowest BCUT2D eigenvalue weighted by molar-refractivity contribution is -0.129. The molecule has 0 fully saturated rings. The van der Waals surface area contributed by atoms with E-state index in [-0.39, 0.29) is 11.9 Å². The van der Waals surface area contributed by atoms with Gasteiger partial charge in [-0.1, -0.05) is 32.4 Å². The Labute approximate surface area is 126 Å². The van der Waals surface area contributed by atoms with Crippen molar-refractivity contribution < 1.29 is 14.6 Å². The zero-order valence-electron chi connectivity index (χ0n) is 13.5. The molecule has 116 valence electrons. The van der Waals surface area contributed by atoms with Gasteiger partial charge in [0.15, 0.2) is 0 Å². The summed E-state index contributed by atoms with van der Waals surface area (Å²) in [5.41, 5.74) is 2.40. The van der Waals surface area contributed by atoms with Crippen molar-refractivity contribution in [2.45, 2.75) is 53.2 Å². The van der Waals surface area contributed by atoms with Crippen LogP contribution >= 0.6 is 0 Å². The maximum Gasteiger partial charge on any atom is 0.225 e. The van der Waals surface area contributed by atoms with Crippen LogP contribution in [0.4, 0.5) is 0 Å². The number of hydrogen-bond acceptors (Lipinski definition) is 3. The van der Waals surface area contributed by atoms with Gasteiger partial charge in [0, 0.05) is 23.0 Å². The number of ether oxygens (including phenoxy) is 1. The summed E-state index contributed by atoms with van der Waals surface area (Å²) in [5.74, 6) is 0.751. The lowest BCUT2D eigenvalue weighted by atomic mass is 9.91. The van der Waals surface area contributed by atoms with Crippen LogP contribution in [-0.2, 0) is 4.79 Å². The van der Waals surface area contributed by atoms with E-state index in [1.54, 1.807) is 6.92 Å². The Kier molecular flexibility index (Phi) is 4.28. The molecule has 1 aromatic rings. The standard InChI is InChI=1S/C17H25NO3/c1-10-8-12(11(2)19)15-13(9-10)14(6-7-21-15)18-16(20)17(3,4)5/h8-9,11,14,19H,6-7H2,1-5H3,(H,18,20). The number of amides is 1. The minimum atomic E-state index is -0.587. The molecule has 1 amide bonds. The molecule has 4 nitrogen and oxygen atoms in total. The summed E-state index contributed by atoms with van der Waals surface area (Å²) >= 11 is 0. The monoisotopic (exact) mass is 291 g/mol. The van der Waals surface area contributed by atoms with Crippen molar-refractivity contribution >= 4 is 5.91 Å². The topological polar surface area (TPSA) is 58.6 Å². The number of benzene rings is 1. The Morgan fingerprint density at radius 2 is 2.10 bits per heavy atom. The number of nitrogens with one attached hydrogen (secondary N) is 1. The van der Waals surface area contributed by atoms with Crippen LogP contribution in [0.5, 0.6) is 5.75 Å². The molecule has 1 aromatic carbocycles. The van der Waals surface area contributed by atoms with Gasteiger partial charge in [0.25, 0.3) is 0 Å². The van der Waals surface area contributed by atoms with E-state index < -0.39 is 11.5 Å². The number of aryl methyl sites for hydroxylation is 1. The zero-order valence-corrected chi connectivity index (χ0v) is 13.5. The van der Waals surface area contributed by atoms with Crippen molar-refractivity contribution in [3.8, 4) is 5.75 Å². The second-order valence-corrected chi connectivity index (χ2v) is 6.86. The number of carbonyl (C=O) groups is 1. The average molecular weight is 291 g/mol. The highest BCUT2D eigenvalue weighted by Crippen LogP contribution is 2.39. The summed E-state index contributed by atoms with van der Waals surface area (Å²) in [6.45, 7) is 9.98. The number of fused-ring (bicyclic) bond motifs is 1. The molecule has 2 rings (SSSR count). The fourth-order valence-electron chi connectivity index (χ4n) is 2.52. The van der Waals surface area contributed by atoms with E-state index in [0.717, 1.165) is 28.9 Å². The average Bonchev–Trinajstić information content (AvgIpc) is 2.37. The molecule has 1 aliphatic rings. The van der Waals surface area contributed by atoms with Gasteiger partial charge in [-0.15, -0.1) is 0 Å². The SMILES string of the molecule is Cc1cc(C(C)O)c2c(c1)C(NC(=O)C(C)(C)C)CCO2. The number of carbonyl (C=O) groups excluding carboxylic acids is 1. The van der Waals surface area contributed by atoms with Crippen LogP contribution in [0.15, 0.2) is 12.1 Å². The molecular formula is C17H25NO3. The first-order chi connectivity index (χ1) is 9.70. The number of hydrogen-bond donors (Lipinski definition) is 2. The van der Waals surface area contributed by atoms with Gasteiger partial charge in [-0.05, 0) is 19.9 Å². The highest BCUT2D eigenvalue weighted by molar-refractivity contribution is 5.82. The first-order valence-electron chi connectivity index (χ1n) is 7.46. The van der Waals surface area contributed by atoms with Crippen molar-refractivity contribution in [2.75, 3.05) is 6.61 Å². The van der Waals surface area contributed by atoms with Gasteiger partial charge in [-0.2, -0.15) is 0 Å². The van der Waals surface area contributed by atoms with Crippen molar-refractivity contribution in [3.05, 3.63) is 28.8 Å². The minimum Gasteiger partial charge on any atom is -0.493 e. The Morgan fingerprint density at radius 3 is 2.67 bits per heavy atom. The van der Waals surface area contributed by atoms with Crippen LogP contribution in [0.25, 0.3) is 0 Å². The quantitative estimate of drug-likeness (QED) is 0.880. The van der Waals surface area contributed by atoms with Crippen LogP contribution in [0.3, 0.4) is 0 Å². The van der Waals surface area contributed by atoms with Crippen molar-refractivity contribution in [1.29, 1.82) is 0 Å². The molecule has 0 bridgehead atoms. The molecule has 2 N–H and O–H groups in total. The summed E-state index contributed by atoms with van der Waals surface area (Å²) < 4.78 is 5.76. The number of rotatable bonds is 2. The largest absolute Gasteiger partial charge is 0.493 e. The fraction of sp³-hybridized carbons (Fsp3) is 0.588. The van der Waals surface area contributed by atoms with E-state index in [4.69, 9.17) is 4.74 Å². The number of aliphatic hydroxyl groups is 1. The van der Waals surface area contributed by atoms with Gasteiger partial charge in [0.1, 0.15) is 5.75 Å². The Hall–Kier alpha value is -1.55. The molecule has 0 aliphatic carbocycles. The highest BCUT2D eigenvalue weighted by atomic mass is 16.5. The van der Waals surface area contributed by atoms with Crippen LogP contribution in [-0.4, -0.2) is 17.6 Å². The van der Waals surface area contributed by atoms with E-state index in [2.05, 4.69) is 5.32 Å². The van der Waals surface area contributed by atoms with E-state index in [9.17, 15) is 9.90 Å². The second-order valence-electron chi connectivity index (χ2n) is 6.86. The maximum atomic E-state index is 12.2. The van der Waals surface area contributed by atoms with E-state index in [1.807, 2.05) is 39.8 Å². The molecule has 1 heterocycles. The first-order valence-corrected chi connectivity index (χ1v) is 7.46. The smallest absolute Gasteiger partial charge is 0.225 e. The molecule has 2 unspecified atom stereocenters. The van der Waals surface area contributed by atoms with Gasteiger partial charge < -0.3 is 15.2 Å². The lowest BCUT2D eigenvalue weighted by Crippen LogP contribution is -2.39. The van der Waals surface area contributed by atoms with Gasteiger partial charge in [0.05, 0.1) is 18.8 Å². The van der Waals surface area contributed by atoms with Crippen molar-refractivity contribution in [3.63, 3.8) is 0 Å². The molecular weight excluding hydrogens is 266 g/mol. The van der Waals surface area contributed by atoms with Crippen molar-refractivity contribution in [2.24, 2.45) is 5.41 Å². The zero-order chi connectivity index (χ0) is 15.8. The summed E-state index contributed by atoms with van der Waals surface area (Å²) in [4.78, 5) is 12.2. The third kappa shape index (κ3) is 3.38. The molecule has 2 atom stereocenters. The summed E-state index contributed by atoms with van der Waals surface area (Å²) in [5, 5.41) is 13.0. The molecule has 0 aromatic heterocycles. The molecule has 21 heavy (non-hydrogen) atoms. The second kappa shape index (κ2) is 5.68. The summed E-state index contributed by atoms with van der Waals surface area (Å²) in [6.07, 6.45) is 0.160. The third-order valence-corrected chi connectivity index (χ3v) is 3.76. The molecule has 0 saturated heterocycles. The predicted molar refractivity (Wildman–Crippen MR) is 82.3 cm³/mol. The Morgan fingerprint density at radius 1 is 1.43 bits per heavy atom. The van der Waals surface area contributed by atoms with E-state index >= 15 is 0 Å². The van der Waals surface area contributed by atoms with Gasteiger partial charge in [-0.25, -0.2) is 0 Å². The molecule has 0 spiro atoms. The molecule has 4 heteroatoms. The van der Waals surface area contributed by atoms with Crippen LogP contribution < -0.4 is 10.1 Å². The Balaban J connectivity index is 2.37. The first kappa shape index (κ1) is 15.8. The van der Waals surface area contributed by atoms with Crippen LogP contribution in [0.1, 0.15) is 63.0 Å². The van der Waals surface area contributed by atoms with Crippen LogP contribution in [0, 0.1) is 12.3 Å². The minimum absolute atomic E-state index is 0.0282. The van der Waals surface area contributed by atoms with Crippen molar-refractivity contribution in [1.82, 2.24) is 5.32 Å². The molecule has 0 saturated carbocycles. The lowest BCUT2D eigenvalue weighted by Gasteiger charge is -2.31. The molecule has 0 radical (unpaired) electrons. The summed E-state index contributed by atoms with van der Waals surface area (Å²) in [6, 6.07) is 3.92. The van der Waals surface area contributed by atoms with Crippen LogP contribution in [0.2, 0.25) is 0 Å². The highest BCUT2D eigenvalue weighted by Gasteiger charge is 2.30. The van der Waals surface area contributed by atoms with E-state index in [1.165, 1.54) is 0 Å². The maximum absolute atomic E-state index is 12.2.